The van der Waals surface area contributed by atoms with Crippen LogP contribution in [-0.4, -0.2) is 35.1 Å². The Kier molecular flexibility index (Phi) is 3.68. The lowest BCUT2D eigenvalue weighted by molar-refractivity contribution is 0.657. The van der Waals surface area contributed by atoms with Crippen molar-refractivity contribution in [2.24, 2.45) is 0 Å². The fraction of sp³-hybridized carbons (Fsp3) is 0. The molecule has 0 aliphatic carbocycles. The molecule has 0 spiro atoms. The van der Waals surface area contributed by atoms with Gasteiger partial charge in [-0.1, -0.05) is 0 Å². The molecule has 0 radical (unpaired) electrons. The molecule has 0 bridgehead atoms. The molecule has 144 valence electrons. The number of aromatic nitrogens is 7. The molecule has 6 aromatic heterocycles. The Bertz CT molecular complexity index is 1520. The Hall–Kier alpha value is -3.98. The minimum Gasteiger partial charge on any atom is -0.352 e. The van der Waals surface area contributed by atoms with Gasteiger partial charge in [0.25, 0.3) is 0 Å². The van der Waals surface area contributed by atoms with Gasteiger partial charge >= 0.3 is 0 Å². The second kappa shape index (κ2) is 6.53. The van der Waals surface area contributed by atoms with E-state index in [1.807, 2.05) is 18.2 Å². The molecule has 0 saturated carbocycles. The van der Waals surface area contributed by atoms with Gasteiger partial charge in [0, 0.05) is 40.0 Å². The van der Waals surface area contributed by atoms with Crippen LogP contribution >= 0.6 is 11.3 Å². The fourth-order valence-electron chi connectivity index (χ4n) is 3.51. The third-order valence-electron chi connectivity index (χ3n) is 4.90. The van der Waals surface area contributed by atoms with Crippen molar-refractivity contribution in [3.05, 3.63) is 66.6 Å². The van der Waals surface area contributed by atoms with E-state index in [4.69, 9.17) is 4.98 Å². The van der Waals surface area contributed by atoms with Gasteiger partial charge in [0.05, 0.1) is 28.6 Å². The Morgan fingerprint density at radius 1 is 0.900 bits per heavy atom. The number of hydrogen-bond acceptors (Lipinski definition) is 6. The molecule has 6 rings (SSSR count). The SMILES string of the molecule is Fc1ccc(-c2cncc3[nH]c(-c4n[nH]c5ccc(-c6cncnc6)nc45)cc23)s1. The molecule has 0 amide bonds. The molecule has 0 aromatic carbocycles. The largest absolute Gasteiger partial charge is 0.352 e. The molecule has 0 saturated heterocycles. The topological polar surface area (TPSA) is 96.0 Å². The summed E-state index contributed by atoms with van der Waals surface area (Å²) in [7, 11) is 0. The van der Waals surface area contributed by atoms with Crippen molar-refractivity contribution >= 4 is 33.3 Å². The van der Waals surface area contributed by atoms with Crippen molar-refractivity contribution < 1.29 is 4.39 Å². The van der Waals surface area contributed by atoms with Gasteiger partial charge in [-0.3, -0.25) is 10.1 Å². The Morgan fingerprint density at radius 2 is 1.80 bits per heavy atom. The Morgan fingerprint density at radius 3 is 2.63 bits per heavy atom. The lowest BCUT2D eigenvalue weighted by Crippen LogP contribution is -1.87. The molecule has 0 aliphatic rings. The first-order valence-corrected chi connectivity index (χ1v) is 9.91. The summed E-state index contributed by atoms with van der Waals surface area (Å²) in [5, 5.41) is 8.23. The lowest BCUT2D eigenvalue weighted by Gasteiger charge is -2.00. The van der Waals surface area contributed by atoms with E-state index in [0.29, 0.717) is 5.69 Å². The summed E-state index contributed by atoms with van der Waals surface area (Å²) in [6.45, 7) is 0. The molecule has 0 fully saturated rings. The summed E-state index contributed by atoms with van der Waals surface area (Å²) in [4.78, 5) is 21.4. The van der Waals surface area contributed by atoms with Crippen molar-refractivity contribution in [1.82, 2.24) is 35.1 Å². The predicted octanol–water partition coefficient (Wildman–Crippen LogP) is 4.83. The molecular weight excluding hydrogens is 401 g/mol. The number of nitrogens with one attached hydrogen (secondary N) is 2. The number of halogens is 1. The van der Waals surface area contributed by atoms with E-state index in [2.05, 4.69) is 30.1 Å². The zero-order valence-corrected chi connectivity index (χ0v) is 16.1. The van der Waals surface area contributed by atoms with Gasteiger partial charge in [0.2, 0.25) is 0 Å². The van der Waals surface area contributed by atoms with Crippen molar-refractivity contribution in [3.8, 4) is 33.1 Å². The summed E-state index contributed by atoms with van der Waals surface area (Å²) in [6, 6.07) is 9.07. The molecule has 0 unspecified atom stereocenters. The summed E-state index contributed by atoms with van der Waals surface area (Å²) >= 11 is 1.10. The van der Waals surface area contributed by atoms with E-state index in [1.54, 1.807) is 30.9 Å². The number of aromatic amines is 2. The predicted molar refractivity (Wildman–Crippen MR) is 113 cm³/mol. The highest BCUT2D eigenvalue weighted by Crippen LogP contribution is 2.35. The number of H-pyrrole nitrogens is 2. The Labute approximate surface area is 172 Å². The van der Waals surface area contributed by atoms with E-state index in [9.17, 15) is 4.39 Å². The maximum absolute atomic E-state index is 13.6. The van der Waals surface area contributed by atoms with E-state index in [-0.39, 0.29) is 5.13 Å². The second-order valence-electron chi connectivity index (χ2n) is 6.73. The first kappa shape index (κ1) is 16.9. The maximum atomic E-state index is 13.6. The lowest BCUT2D eigenvalue weighted by atomic mass is 10.1. The van der Waals surface area contributed by atoms with Gasteiger partial charge in [0.15, 0.2) is 5.13 Å². The summed E-state index contributed by atoms with van der Waals surface area (Å²) < 4.78 is 13.6. The van der Waals surface area contributed by atoms with Gasteiger partial charge in [-0.2, -0.15) is 9.49 Å². The first-order valence-electron chi connectivity index (χ1n) is 9.09. The summed E-state index contributed by atoms with van der Waals surface area (Å²) in [5.41, 5.74) is 6.37. The van der Waals surface area contributed by atoms with Crippen LogP contribution in [0.15, 0.2) is 61.4 Å². The van der Waals surface area contributed by atoms with Crippen molar-refractivity contribution in [1.29, 1.82) is 0 Å². The molecular formula is C21H12FN7S. The van der Waals surface area contributed by atoms with Crippen LogP contribution in [0.1, 0.15) is 0 Å². The van der Waals surface area contributed by atoms with Crippen LogP contribution in [0.3, 0.4) is 0 Å². The quantitative estimate of drug-likeness (QED) is 0.433. The molecule has 6 aromatic rings. The molecule has 6 heterocycles. The number of fused-ring (bicyclic) bond motifs is 2. The average molecular weight is 413 g/mol. The number of pyridine rings is 2. The van der Waals surface area contributed by atoms with Crippen molar-refractivity contribution in [3.63, 3.8) is 0 Å². The first-order chi connectivity index (χ1) is 14.8. The monoisotopic (exact) mass is 413 g/mol. The number of thiophene rings is 1. The minimum atomic E-state index is -0.224. The van der Waals surface area contributed by atoms with Crippen LogP contribution in [0.4, 0.5) is 4.39 Å². The normalized spacial score (nSPS) is 11.5. The Balaban J connectivity index is 1.52. The number of nitrogens with zero attached hydrogens (tertiary/aromatic N) is 5. The van der Waals surface area contributed by atoms with Gasteiger partial charge in [0.1, 0.15) is 17.5 Å². The highest BCUT2D eigenvalue weighted by atomic mass is 32.1. The third kappa shape index (κ3) is 2.67. The summed E-state index contributed by atoms with van der Waals surface area (Å²) in [5.74, 6) is 0. The van der Waals surface area contributed by atoms with Crippen LogP contribution in [0.25, 0.3) is 55.0 Å². The highest BCUT2D eigenvalue weighted by Gasteiger charge is 2.16. The molecule has 30 heavy (non-hydrogen) atoms. The molecule has 9 heteroatoms. The molecule has 7 nitrogen and oxygen atoms in total. The number of hydrogen-bond donors (Lipinski definition) is 2. The van der Waals surface area contributed by atoms with Crippen LogP contribution in [-0.2, 0) is 0 Å². The van der Waals surface area contributed by atoms with Crippen LogP contribution in [0.5, 0.6) is 0 Å². The molecule has 0 aliphatic heterocycles. The highest BCUT2D eigenvalue weighted by molar-refractivity contribution is 7.14. The zero-order chi connectivity index (χ0) is 20.1. The van der Waals surface area contributed by atoms with Gasteiger partial charge < -0.3 is 4.98 Å². The standard InChI is InChI=1S/C21H12FN7S/c22-19-4-3-18(30-19)13-8-23-9-17-12(13)5-16(26-17)21-20-15(28-29-21)2-1-14(27-20)11-6-24-10-25-7-11/h1-10,26H,(H,28,29). The third-order valence-corrected chi connectivity index (χ3v) is 5.81. The summed E-state index contributed by atoms with van der Waals surface area (Å²) in [6.07, 6.45) is 8.44. The smallest absolute Gasteiger partial charge is 0.176 e. The van der Waals surface area contributed by atoms with Crippen molar-refractivity contribution in [2.45, 2.75) is 0 Å². The van der Waals surface area contributed by atoms with E-state index in [1.165, 1.54) is 12.4 Å². The number of rotatable bonds is 3. The van der Waals surface area contributed by atoms with Gasteiger partial charge in [-0.05, 0) is 30.3 Å². The van der Waals surface area contributed by atoms with E-state index < -0.39 is 0 Å². The second-order valence-corrected chi connectivity index (χ2v) is 7.76. The van der Waals surface area contributed by atoms with Crippen molar-refractivity contribution in [2.75, 3.05) is 0 Å². The average Bonchev–Trinajstić information content (AvgIpc) is 3.51. The zero-order valence-electron chi connectivity index (χ0n) is 15.3. The van der Waals surface area contributed by atoms with E-state index >= 15 is 0 Å². The molecule has 0 atom stereocenters. The van der Waals surface area contributed by atoms with E-state index in [0.717, 1.165) is 60.7 Å². The maximum Gasteiger partial charge on any atom is 0.176 e. The van der Waals surface area contributed by atoms with Gasteiger partial charge in [-0.25, -0.2) is 15.0 Å². The minimum absolute atomic E-state index is 0.224. The van der Waals surface area contributed by atoms with Crippen LogP contribution < -0.4 is 0 Å². The molecule has 2 N–H and O–H groups in total. The van der Waals surface area contributed by atoms with Crippen LogP contribution in [0, 0.1) is 5.13 Å². The van der Waals surface area contributed by atoms with Gasteiger partial charge in [-0.15, -0.1) is 11.3 Å². The van der Waals surface area contributed by atoms with Crippen LogP contribution in [0.2, 0.25) is 0 Å². The fourth-order valence-corrected chi connectivity index (χ4v) is 4.27.